The van der Waals surface area contributed by atoms with Crippen LogP contribution in [0.5, 0.6) is 0 Å². The third-order valence-corrected chi connectivity index (χ3v) is 7.37. The van der Waals surface area contributed by atoms with Crippen LogP contribution in [-0.4, -0.2) is 20.8 Å². The van der Waals surface area contributed by atoms with E-state index in [1.165, 1.54) is 34.1 Å². The molecule has 33 heavy (non-hydrogen) atoms. The second kappa shape index (κ2) is 7.39. The van der Waals surface area contributed by atoms with E-state index in [1.807, 2.05) is 0 Å². The topological polar surface area (TPSA) is 89.2 Å². The molecule has 1 fully saturated rings. The van der Waals surface area contributed by atoms with Gasteiger partial charge >= 0.3 is 5.84 Å². The van der Waals surface area contributed by atoms with Gasteiger partial charge in [0.2, 0.25) is 5.69 Å². The smallest absolute Gasteiger partial charge is 0.342 e. The number of benzene rings is 3. The van der Waals surface area contributed by atoms with Crippen LogP contribution >= 0.6 is 0 Å². The van der Waals surface area contributed by atoms with Crippen molar-refractivity contribution in [3.05, 3.63) is 84.4 Å². The Morgan fingerprint density at radius 3 is 2.39 bits per heavy atom. The number of nitrogens with zero attached hydrogens (tertiary/aromatic N) is 1. The van der Waals surface area contributed by atoms with Crippen molar-refractivity contribution in [1.29, 1.82) is 0 Å². The average Bonchev–Trinajstić information content (AvgIpc) is 3.59. The highest BCUT2D eigenvalue weighted by Crippen LogP contribution is 2.42. The predicted molar refractivity (Wildman–Crippen MR) is 127 cm³/mol. The zero-order valence-electron chi connectivity index (χ0n) is 18.3. The van der Waals surface area contributed by atoms with E-state index in [0.29, 0.717) is 17.8 Å². The van der Waals surface area contributed by atoms with E-state index in [2.05, 4.69) is 98.1 Å². The van der Waals surface area contributed by atoms with Crippen LogP contribution in [0.25, 0.3) is 22.1 Å². The minimum absolute atomic E-state index is 0.368. The molecule has 0 saturated heterocycles. The van der Waals surface area contributed by atoms with Crippen molar-refractivity contribution in [2.75, 3.05) is 0 Å². The number of para-hydroxylation sites is 6. The molecule has 1 aliphatic heterocycles. The largest absolute Gasteiger partial charge is 0.347 e. The lowest BCUT2D eigenvalue weighted by atomic mass is 9.74. The second-order valence-electron chi connectivity index (χ2n) is 9.46. The minimum atomic E-state index is 0.368. The number of nitrogens with two attached hydrogens (primary N) is 1. The molecule has 6 heteroatoms. The number of quaternary nitrogens is 1. The summed E-state index contributed by atoms with van der Waals surface area (Å²) in [4.78, 5) is 19.7. The number of hydrogen-bond acceptors (Lipinski definition) is 1. The van der Waals surface area contributed by atoms with Crippen LogP contribution in [0, 0.1) is 5.92 Å². The Balaban J connectivity index is 1.27. The summed E-state index contributed by atoms with van der Waals surface area (Å²) in [5.74, 6) is 4.87. The van der Waals surface area contributed by atoms with E-state index in [-0.39, 0.29) is 0 Å². The van der Waals surface area contributed by atoms with Gasteiger partial charge in [0.05, 0.1) is 17.0 Å². The highest BCUT2D eigenvalue weighted by molar-refractivity contribution is 5.78. The molecule has 6 nitrogen and oxygen atoms in total. The van der Waals surface area contributed by atoms with E-state index in [9.17, 15) is 0 Å². The van der Waals surface area contributed by atoms with Crippen LogP contribution in [-0.2, 0) is 0 Å². The van der Waals surface area contributed by atoms with Gasteiger partial charge in [-0.15, -0.1) is 0 Å². The van der Waals surface area contributed by atoms with E-state index in [4.69, 9.17) is 4.98 Å². The van der Waals surface area contributed by atoms with Gasteiger partial charge in [0.25, 0.3) is 11.5 Å². The van der Waals surface area contributed by atoms with Gasteiger partial charge in [-0.3, -0.25) is 0 Å². The lowest BCUT2D eigenvalue weighted by Gasteiger charge is -2.29. The maximum atomic E-state index is 4.99. The standard InChI is InChI=1S/C27H24N6/c1-2-8-20-19(7-1)28-25(29-20)16-13-17(26-30-21-9-3-4-10-22(21)31-26)15-18(14-16)27-32-23-11-5-6-12-24(23)33-27/h1-12,16-18H,13-15H2,(H,28,29)(H,30,31)(H,32,33)/p+3/t16-,17+,18-. The van der Waals surface area contributed by atoms with Crippen molar-refractivity contribution in [1.82, 2.24) is 15.0 Å². The normalized spacial score (nSPS) is 22.5. The van der Waals surface area contributed by atoms with E-state index in [1.54, 1.807) is 0 Å². The Kier molecular flexibility index (Phi) is 4.20. The molecule has 0 amide bonds. The molecule has 7 rings (SSSR count). The first-order valence-corrected chi connectivity index (χ1v) is 11.8. The van der Waals surface area contributed by atoms with Gasteiger partial charge in [0, 0.05) is 18.1 Å². The average molecular weight is 436 g/mol. The predicted octanol–water partition coefficient (Wildman–Crippen LogP) is 2.55. The molecule has 0 spiro atoms. The lowest BCUT2D eigenvalue weighted by molar-refractivity contribution is -0.493. The minimum Gasteiger partial charge on any atom is -0.342 e. The number of imidazole rings is 2. The Bertz CT molecular complexity index is 1360. The maximum absolute atomic E-state index is 4.99. The SMILES string of the molecule is c1ccc2c(c1)[NH+]=C([C@@H]1C[C@H](c3nc4ccccc4[nH]3)C[C@H](c3[nH]c4ccccc4[nH+]3)C1)[NH2+]2. The summed E-state index contributed by atoms with van der Waals surface area (Å²) in [5, 5.41) is 2.34. The van der Waals surface area contributed by atoms with Crippen molar-refractivity contribution >= 4 is 39.3 Å². The number of aromatic nitrogens is 4. The van der Waals surface area contributed by atoms with Crippen LogP contribution in [0.2, 0.25) is 0 Å². The van der Waals surface area contributed by atoms with Gasteiger partial charge in [0.15, 0.2) is 11.0 Å². The maximum Gasteiger partial charge on any atom is 0.347 e. The van der Waals surface area contributed by atoms with Gasteiger partial charge in [-0.25, -0.2) is 20.3 Å². The zero-order chi connectivity index (χ0) is 21.8. The van der Waals surface area contributed by atoms with Gasteiger partial charge in [-0.2, -0.15) is 4.99 Å². The molecule has 2 aromatic heterocycles. The molecule has 0 radical (unpaired) electrons. The van der Waals surface area contributed by atoms with E-state index >= 15 is 0 Å². The molecule has 2 aliphatic rings. The Morgan fingerprint density at radius 2 is 1.52 bits per heavy atom. The number of nitrogens with one attached hydrogen (secondary N) is 4. The van der Waals surface area contributed by atoms with Gasteiger partial charge in [-0.1, -0.05) is 36.4 Å². The molecule has 1 saturated carbocycles. The van der Waals surface area contributed by atoms with Crippen molar-refractivity contribution in [2.45, 2.75) is 31.1 Å². The van der Waals surface area contributed by atoms with Crippen molar-refractivity contribution in [3.8, 4) is 0 Å². The molecule has 3 heterocycles. The molecule has 0 bridgehead atoms. The molecule has 3 aromatic carbocycles. The third-order valence-electron chi connectivity index (χ3n) is 7.37. The van der Waals surface area contributed by atoms with Crippen LogP contribution in [0.15, 0.2) is 72.8 Å². The Morgan fingerprint density at radius 1 is 0.758 bits per heavy atom. The van der Waals surface area contributed by atoms with Gasteiger partial charge < -0.3 is 4.98 Å². The number of rotatable bonds is 3. The van der Waals surface area contributed by atoms with Crippen molar-refractivity contribution < 1.29 is 15.3 Å². The Labute approximate surface area is 191 Å². The molecule has 5 aromatic rings. The number of amidine groups is 1. The zero-order valence-corrected chi connectivity index (χ0v) is 18.3. The second-order valence-corrected chi connectivity index (χ2v) is 9.46. The summed E-state index contributed by atoms with van der Waals surface area (Å²) < 4.78 is 0. The van der Waals surface area contributed by atoms with Crippen LogP contribution in [0.4, 0.5) is 11.4 Å². The first-order chi connectivity index (χ1) is 16.3. The molecule has 0 unspecified atom stereocenters. The van der Waals surface area contributed by atoms with E-state index < -0.39 is 0 Å². The summed E-state index contributed by atoms with van der Waals surface area (Å²) in [7, 11) is 0. The van der Waals surface area contributed by atoms with Gasteiger partial charge in [-0.05, 0) is 43.5 Å². The van der Waals surface area contributed by atoms with Crippen LogP contribution in [0.1, 0.15) is 42.7 Å². The number of aromatic amines is 3. The summed E-state index contributed by atoms with van der Waals surface area (Å²) in [5.41, 5.74) is 7.00. The monoisotopic (exact) mass is 435 g/mol. The number of hydrogen-bond donors (Lipinski definition) is 4. The van der Waals surface area contributed by atoms with Crippen molar-refractivity contribution in [3.63, 3.8) is 0 Å². The fraction of sp³-hybridized carbons (Fsp3) is 0.222. The molecular weight excluding hydrogens is 408 g/mol. The lowest BCUT2D eigenvalue weighted by Crippen LogP contribution is -2.90. The number of fused-ring (bicyclic) bond motifs is 3. The van der Waals surface area contributed by atoms with Crippen LogP contribution < -0.4 is 15.3 Å². The molecule has 1 aliphatic carbocycles. The molecule has 3 atom stereocenters. The van der Waals surface area contributed by atoms with Crippen LogP contribution in [0.3, 0.4) is 0 Å². The highest BCUT2D eigenvalue weighted by Gasteiger charge is 2.43. The fourth-order valence-electron chi connectivity index (χ4n) is 5.74. The molecule has 162 valence electrons. The first-order valence-electron chi connectivity index (χ1n) is 11.8. The quantitative estimate of drug-likeness (QED) is 0.323. The Hall–Kier alpha value is -3.77. The van der Waals surface area contributed by atoms with Gasteiger partial charge in [0.1, 0.15) is 11.7 Å². The summed E-state index contributed by atoms with van der Waals surface area (Å²) in [6.07, 6.45) is 3.26. The van der Waals surface area contributed by atoms with Crippen molar-refractivity contribution in [2.24, 2.45) is 5.92 Å². The summed E-state index contributed by atoms with van der Waals surface area (Å²) in [6.45, 7) is 0. The number of H-pyrrole nitrogens is 3. The molecule has 6 N–H and O–H groups in total. The summed E-state index contributed by atoms with van der Waals surface area (Å²) in [6, 6.07) is 25.4. The highest BCUT2D eigenvalue weighted by atomic mass is 15.1. The summed E-state index contributed by atoms with van der Waals surface area (Å²) >= 11 is 0. The van der Waals surface area contributed by atoms with E-state index in [0.717, 1.165) is 36.1 Å². The first kappa shape index (κ1) is 18.8. The fourth-order valence-corrected chi connectivity index (χ4v) is 5.74. The third kappa shape index (κ3) is 3.26. The molecular formula is C27H27N6+3.